The number of ether oxygens (including phenoxy) is 3. The van der Waals surface area contributed by atoms with Crippen LogP contribution in [0.25, 0.3) is 0 Å². The van der Waals surface area contributed by atoms with E-state index in [1.54, 1.807) is 12.1 Å². The van der Waals surface area contributed by atoms with Crippen LogP contribution in [-0.4, -0.2) is 67.9 Å². The summed E-state index contributed by atoms with van der Waals surface area (Å²) in [6.07, 6.45) is 0.953. The van der Waals surface area contributed by atoms with Gasteiger partial charge in [0.15, 0.2) is 11.4 Å². The van der Waals surface area contributed by atoms with Gasteiger partial charge < -0.3 is 24.4 Å². The van der Waals surface area contributed by atoms with Crippen molar-refractivity contribution in [1.29, 1.82) is 0 Å². The van der Waals surface area contributed by atoms with E-state index in [0.717, 1.165) is 12.8 Å². The number of amides is 4. The number of likely N-dealkylation sites (tertiary alicyclic amines) is 1. The van der Waals surface area contributed by atoms with Gasteiger partial charge >= 0.3 is 12.2 Å². The minimum absolute atomic E-state index is 0.0995. The first-order valence-electron chi connectivity index (χ1n) is 13.3. The second kappa shape index (κ2) is 11.9. The molecule has 3 aliphatic heterocycles. The average Bonchev–Trinajstić information content (AvgIpc) is 3.47. The van der Waals surface area contributed by atoms with Gasteiger partial charge in [0.1, 0.15) is 6.04 Å². The SMILES string of the molecule is COC(=O)Nc1ccc(C(=O)NC(C[C@H]2CCCO2)C(=O)N2CCC[C@@]3(C2)OC(=O)Nc2ccc(Cl)c(F)c23)cc1. The minimum Gasteiger partial charge on any atom is -0.453 e. The number of fused-ring (bicyclic) bond motifs is 2. The molecule has 2 fully saturated rings. The highest BCUT2D eigenvalue weighted by molar-refractivity contribution is 6.31. The zero-order chi connectivity index (χ0) is 29.1. The number of rotatable bonds is 6. The van der Waals surface area contributed by atoms with E-state index in [9.17, 15) is 19.2 Å². The molecular formula is C28H30ClFN4O7. The first kappa shape index (κ1) is 28.6. The molecule has 2 saturated heterocycles. The summed E-state index contributed by atoms with van der Waals surface area (Å²) in [5, 5.41) is 7.73. The molecule has 1 unspecified atom stereocenters. The number of piperidine rings is 1. The lowest BCUT2D eigenvalue weighted by Crippen LogP contribution is -2.57. The highest BCUT2D eigenvalue weighted by Gasteiger charge is 2.49. The molecule has 0 aliphatic carbocycles. The fraction of sp³-hybridized carbons (Fsp3) is 0.429. The monoisotopic (exact) mass is 588 g/mol. The van der Waals surface area contributed by atoms with Crippen molar-refractivity contribution in [1.82, 2.24) is 10.2 Å². The van der Waals surface area contributed by atoms with Crippen molar-refractivity contribution in [2.24, 2.45) is 0 Å². The summed E-state index contributed by atoms with van der Waals surface area (Å²) in [7, 11) is 1.24. The molecule has 2 aromatic rings. The number of benzene rings is 2. The minimum atomic E-state index is -1.43. The normalized spacial score (nSPS) is 22.3. The van der Waals surface area contributed by atoms with Crippen LogP contribution < -0.4 is 16.0 Å². The molecule has 4 amide bonds. The van der Waals surface area contributed by atoms with Crippen LogP contribution in [0, 0.1) is 5.82 Å². The zero-order valence-corrected chi connectivity index (χ0v) is 23.1. The Morgan fingerprint density at radius 2 is 2.00 bits per heavy atom. The third-order valence-electron chi connectivity index (χ3n) is 7.55. The third-order valence-corrected chi connectivity index (χ3v) is 7.84. The van der Waals surface area contributed by atoms with Crippen LogP contribution in [0.2, 0.25) is 5.02 Å². The summed E-state index contributed by atoms with van der Waals surface area (Å²) in [6.45, 7) is 0.797. The average molecular weight is 589 g/mol. The Morgan fingerprint density at radius 3 is 2.71 bits per heavy atom. The fourth-order valence-corrected chi connectivity index (χ4v) is 5.77. The predicted molar refractivity (Wildman–Crippen MR) is 146 cm³/mol. The molecule has 3 heterocycles. The van der Waals surface area contributed by atoms with E-state index in [1.807, 2.05) is 0 Å². The van der Waals surface area contributed by atoms with Gasteiger partial charge in [0.25, 0.3) is 5.91 Å². The Hall–Kier alpha value is -3.90. The van der Waals surface area contributed by atoms with Crippen LogP contribution in [-0.2, 0) is 24.6 Å². The standard InChI is InChI=1S/C28H30ClFN4O7/c1-39-26(37)31-17-7-5-16(6-8-17)24(35)32-21(14-18-4-2-13-40-18)25(36)34-12-3-11-28(15-34)22-20(33-27(38)41-28)10-9-19(29)23(22)30/h5-10,18,21H,2-4,11-15H2,1H3,(H,31,37)(H,32,35)(H,33,38)/t18-,21?,28+/m1/s1. The highest BCUT2D eigenvalue weighted by atomic mass is 35.5. The zero-order valence-electron chi connectivity index (χ0n) is 22.3. The van der Waals surface area contributed by atoms with E-state index in [-0.39, 0.29) is 40.9 Å². The van der Waals surface area contributed by atoms with E-state index < -0.39 is 41.5 Å². The smallest absolute Gasteiger partial charge is 0.412 e. The summed E-state index contributed by atoms with van der Waals surface area (Å²) >= 11 is 6.07. The fourth-order valence-electron chi connectivity index (χ4n) is 5.61. The van der Waals surface area contributed by atoms with Crippen molar-refractivity contribution >= 4 is 47.0 Å². The van der Waals surface area contributed by atoms with Gasteiger partial charge in [-0.25, -0.2) is 14.0 Å². The van der Waals surface area contributed by atoms with Gasteiger partial charge in [0.2, 0.25) is 5.91 Å². The number of anilines is 2. The van der Waals surface area contributed by atoms with E-state index in [0.29, 0.717) is 31.7 Å². The molecule has 3 aliphatic rings. The molecule has 0 saturated carbocycles. The number of hydrogen-bond donors (Lipinski definition) is 3. The third kappa shape index (κ3) is 6.08. The number of hydrogen-bond acceptors (Lipinski definition) is 7. The van der Waals surface area contributed by atoms with Gasteiger partial charge in [0.05, 0.1) is 36.0 Å². The molecule has 0 aromatic heterocycles. The lowest BCUT2D eigenvalue weighted by Gasteiger charge is -2.45. The van der Waals surface area contributed by atoms with Gasteiger partial charge in [0, 0.05) is 30.8 Å². The van der Waals surface area contributed by atoms with Crippen molar-refractivity contribution in [3.8, 4) is 0 Å². The van der Waals surface area contributed by atoms with E-state index >= 15 is 4.39 Å². The van der Waals surface area contributed by atoms with Crippen LogP contribution in [0.1, 0.15) is 48.0 Å². The van der Waals surface area contributed by atoms with Crippen LogP contribution in [0.3, 0.4) is 0 Å². The summed E-state index contributed by atoms with van der Waals surface area (Å²) in [4.78, 5) is 52.5. The van der Waals surface area contributed by atoms with Gasteiger partial charge in [-0.05, 0) is 62.1 Å². The topological polar surface area (TPSA) is 135 Å². The maximum atomic E-state index is 15.3. The lowest BCUT2D eigenvalue weighted by atomic mass is 9.82. The quantitative estimate of drug-likeness (QED) is 0.455. The molecule has 5 rings (SSSR count). The Morgan fingerprint density at radius 1 is 1.22 bits per heavy atom. The molecule has 2 aromatic carbocycles. The molecule has 13 heteroatoms. The van der Waals surface area contributed by atoms with Gasteiger partial charge in [-0.1, -0.05) is 11.6 Å². The van der Waals surface area contributed by atoms with E-state index in [1.165, 1.54) is 36.3 Å². The molecular weight excluding hydrogens is 559 g/mol. The summed E-state index contributed by atoms with van der Waals surface area (Å²) in [6, 6.07) is 8.03. The molecule has 218 valence electrons. The Balaban J connectivity index is 1.37. The maximum Gasteiger partial charge on any atom is 0.412 e. The van der Waals surface area contributed by atoms with Crippen molar-refractivity contribution < 1.29 is 37.8 Å². The summed E-state index contributed by atoms with van der Waals surface area (Å²) in [5.41, 5.74) is -0.377. The lowest BCUT2D eigenvalue weighted by molar-refractivity contribution is -0.142. The predicted octanol–water partition coefficient (Wildman–Crippen LogP) is 4.40. The first-order valence-corrected chi connectivity index (χ1v) is 13.7. The molecule has 41 heavy (non-hydrogen) atoms. The van der Waals surface area contributed by atoms with Crippen LogP contribution in [0.15, 0.2) is 36.4 Å². The number of methoxy groups -OCH3 is 1. The second-order valence-corrected chi connectivity index (χ2v) is 10.7. The molecule has 0 radical (unpaired) electrons. The molecule has 11 nitrogen and oxygen atoms in total. The van der Waals surface area contributed by atoms with Crippen molar-refractivity contribution in [2.45, 2.75) is 49.9 Å². The number of halogens is 2. The number of nitrogens with one attached hydrogen (secondary N) is 3. The summed E-state index contributed by atoms with van der Waals surface area (Å²) < 4.78 is 31.3. The Bertz CT molecular complexity index is 1350. The number of carbonyl (C=O) groups is 4. The number of carbonyl (C=O) groups excluding carboxylic acids is 4. The van der Waals surface area contributed by atoms with E-state index in [4.69, 9.17) is 21.1 Å². The second-order valence-electron chi connectivity index (χ2n) is 10.2. The molecule has 3 atom stereocenters. The van der Waals surface area contributed by atoms with Crippen molar-refractivity contribution in [2.75, 3.05) is 37.4 Å². The van der Waals surface area contributed by atoms with Crippen molar-refractivity contribution in [3.05, 3.63) is 58.4 Å². The van der Waals surface area contributed by atoms with Gasteiger partial charge in [-0.15, -0.1) is 0 Å². The molecule has 3 N–H and O–H groups in total. The van der Waals surface area contributed by atoms with Crippen LogP contribution >= 0.6 is 11.6 Å². The van der Waals surface area contributed by atoms with Crippen molar-refractivity contribution in [3.63, 3.8) is 0 Å². The Kier molecular flexibility index (Phi) is 8.32. The largest absolute Gasteiger partial charge is 0.453 e. The number of nitrogens with zero attached hydrogens (tertiary/aromatic N) is 1. The highest BCUT2D eigenvalue weighted by Crippen LogP contribution is 2.45. The first-order chi connectivity index (χ1) is 19.7. The Labute approximate surface area is 240 Å². The van der Waals surface area contributed by atoms with E-state index in [2.05, 4.69) is 20.7 Å². The molecule has 1 spiro atoms. The van der Waals surface area contributed by atoms with Gasteiger partial charge in [-0.3, -0.25) is 20.2 Å². The van der Waals surface area contributed by atoms with Crippen LogP contribution in [0.4, 0.5) is 25.4 Å². The molecule has 0 bridgehead atoms. The summed E-state index contributed by atoms with van der Waals surface area (Å²) in [5.74, 6) is -1.60. The van der Waals surface area contributed by atoms with Gasteiger partial charge in [-0.2, -0.15) is 0 Å². The maximum absolute atomic E-state index is 15.3. The van der Waals surface area contributed by atoms with Crippen LogP contribution in [0.5, 0.6) is 0 Å².